The molecule has 1 heterocycles. The highest BCUT2D eigenvalue weighted by atomic mass is 16.4. The number of hydrogen-bond acceptors (Lipinski definition) is 14. The van der Waals surface area contributed by atoms with E-state index in [9.17, 15) is 68.4 Å². The quantitative estimate of drug-likeness (QED) is 0.0396. The fourth-order valence-electron chi connectivity index (χ4n) is 7.86. The molecule has 24 heteroatoms. The first kappa shape index (κ1) is 63.7. The van der Waals surface area contributed by atoms with Crippen LogP contribution in [0.3, 0.4) is 0 Å². The molecule has 0 bridgehead atoms. The molecule has 0 aromatic heterocycles. The van der Waals surface area contributed by atoms with Gasteiger partial charge in [-0.25, -0.2) is 4.79 Å². The van der Waals surface area contributed by atoms with Gasteiger partial charge in [-0.05, 0) is 93.9 Å². The summed E-state index contributed by atoms with van der Waals surface area (Å²) in [5, 5.41) is 64.4. The van der Waals surface area contributed by atoms with Crippen LogP contribution in [0.5, 0.6) is 5.75 Å². The number of aromatic hydroxyl groups is 1. The molecule has 1 aromatic carbocycles. The first-order chi connectivity index (χ1) is 34.7. The number of benzene rings is 1. The topological polar surface area (TPSA) is 372 Å². The van der Waals surface area contributed by atoms with Crippen LogP contribution in [0.1, 0.15) is 113 Å². The van der Waals surface area contributed by atoms with Crippen molar-refractivity contribution in [3.63, 3.8) is 0 Å². The third-order valence-corrected chi connectivity index (χ3v) is 12.3. The largest absolute Gasteiger partial charge is 0.508 e. The fourth-order valence-corrected chi connectivity index (χ4v) is 7.86. The summed E-state index contributed by atoms with van der Waals surface area (Å²) in [6, 6.07) is -6.54. The van der Waals surface area contributed by atoms with Crippen molar-refractivity contribution in [3.8, 4) is 5.75 Å². The molecule has 0 spiro atoms. The lowest BCUT2D eigenvalue weighted by Crippen LogP contribution is -2.61. The molecule has 0 radical (unpaired) electrons. The van der Waals surface area contributed by atoms with Crippen LogP contribution in [0.4, 0.5) is 0 Å². The second kappa shape index (κ2) is 31.4. The van der Waals surface area contributed by atoms with Crippen molar-refractivity contribution in [3.05, 3.63) is 29.8 Å². The number of carboxylic acids is 1. The van der Waals surface area contributed by atoms with Crippen molar-refractivity contribution in [2.75, 3.05) is 19.8 Å². The zero-order valence-corrected chi connectivity index (χ0v) is 44.3. The number of rotatable bonds is 31. The van der Waals surface area contributed by atoms with Crippen molar-refractivity contribution in [1.29, 1.82) is 0 Å². The first-order valence-corrected chi connectivity index (χ1v) is 25.4. The third-order valence-electron chi connectivity index (χ3n) is 12.3. The molecule has 74 heavy (non-hydrogen) atoms. The van der Waals surface area contributed by atoms with Crippen LogP contribution in [-0.2, 0) is 54.4 Å². The van der Waals surface area contributed by atoms with E-state index in [1.54, 1.807) is 34.6 Å². The average molecular weight is 1050 g/mol. The van der Waals surface area contributed by atoms with E-state index in [4.69, 9.17) is 0 Å². The molecule has 1 fully saturated rings. The molecular weight excluding hydrogens is 965 g/mol. The minimum absolute atomic E-state index is 0.0319. The molecule has 1 aliphatic rings. The van der Waals surface area contributed by atoms with Gasteiger partial charge in [0.15, 0.2) is 0 Å². The number of aliphatic hydroxyl groups excluding tert-OH is 2. The van der Waals surface area contributed by atoms with E-state index >= 15 is 0 Å². The van der Waals surface area contributed by atoms with Gasteiger partial charge in [-0.3, -0.25) is 43.2 Å². The van der Waals surface area contributed by atoms with Gasteiger partial charge in [-0.15, -0.1) is 0 Å². The summed E-state index contributed by atoms with van der Waals surface area (Å²) in [5.41, 5.74) is 0.503. The predicted molar refractivity (Wildman–Crippen MR) is 271 cm³/mol. The van der Waals surface area contributed by atoms with E-state index in [-0.39, 0.29) is 55.1 Å². The number of nitrogens with one attached hydrogen (secondary N) is 10. The Morgan fingerprint density at radius 3 is 1.38 bits per heavy atom. The van der Waals surface area contributed by atoms with E-state index in [1.165, 1.54) is 38.1 Å². The standard InChI is InChI=1S/C50H82N10O14/c1-11-28(8)40(60-42(65)30(10)52-43(66)33-13-12-18-51-33)49(72)57-36(21-27(6)7)46(69)56-37(22-31-14-16-32(63)17-15-31)44(67)53-29(9)41(64)54-34(19-25(2)3)45(68)55-35(20-26(4)5)47(70)58-38(23-61)48(71)59-39(24-62)50(73)74/h14-17,25-30,33-40,51,61-63H,11-13,18-24H2,1-10H3,(H,52,66)(H,53,67)(H,54,64)(H,55,68)(H,56,69)(H,57,72)(H,58,70)(H,59,71)(H,60,65)(H,73,74)/t28-,29-,30-,33-,34-,35-,36-,37-,38-,39-,40-/m0/s1. The molecule has 0 saturated carbocycles. The van der Waals surface area contributed by atoms with Crippen LogP contribution in [0.15, 0.2) is 24.3 Å². The molecule has 11 atom stereocenters. The van der Waals surface area contributed by atoms with Gasteiger partial charge in [-0.1, -0.05) is 73.9 Å². The number of phenolic OH excluding ortho intramolecular Hbond substituents is 1. The third kappa shape index (κ3) is 21.6. The minimum Gasteiger partial charge on any atom is -0.508 e. The second-order valence-corrected chi connectivity index (χ2v) is 20.3. The van der Waals surface area contributed by atoms with Crippen LogP contribution in [0.2, 0.25) is 0 Å². The van der Waals surface area contributed by atoms with Crippen LogP contribution in [0, 0.1) is 23.7 Å². The van der Waals surface area contributed by atoms with Crippen molar-refractivity contribution >= 4 is 59.1 Å². The lowest BCUT2D eigenvalue weighted by Gasteiger charge is -2.29. The van der Waals surface area contributed by atoms with Gasteiger partial charge in [-0.2, -0.15) is 0 Å². The maximum Gasteiger partial charge on any atom is 0.328 e. The molecule has 1 aromatic rings. The van der Waals surface area contributed by atoms with E-state index in [1.807, 2.05) is 26.1 Å². The molecule has 1 saturated heterocycles. The fraction of sp³-hybridized carbons (Fsp3) is 0.680. The van der Waals surface area contributed by atoms with Gasteiger partial charge in [0.1, 0.15) is 60.1 Å². The second-order valence-electron chi connectivity index (χ2n) is 20.3. The van der Waals surface area contributed by atoms with Gasteiger partial charge < -0.3 is 73.6 Å². The van der Waals surface area contributed by atoms with Crippen molar-refractivity contribution < 1.29 is 68.4 Å². The highest BCUT2D eigenvalue weighted by Crippen LogP contribution is 2.16. The van der Waals surface area contributed by atoms with Gasteiger partial charge >= 0.3 is 5.97 Å². The van der Waals surface area contributed by atoms with Crippen molar-refractivity contribution in [2.45, 2.75) is 175 Å². The predicted octanol–water partition coefficient (Wildman–Crippen LogP) is -1.66. The molecule has 14 N–H and O–H groups in total. The summed E-state index contributed by atoms with van der Waals surface area (Å²) in [6.45, 7) is 15.9. The molecule has 9 amide bonds. The Kier molecular flexibility index (Phi) is 27.0. The Bertz CT molecular complexity index is 2070. The number of amides is 9. The summed E-state index contributed by atoms with van der Waals surface area (Å²) in [4.78, 5) is 134. The average Bonchev–Trinajstić information content (AvgIpc) is 3.88. The number of aliphatic carboxylic acids is 1. The number of phenols is 1. The molecule has 1 aliphatic heterocycles. The summed E-state index contributed by atoms with van der Waals surface area (Å²) in [5.74, 6) is -9.40. The summed E-state index contributed by atoms with van der Waals surface area (Å²) >= 11 is 0. The number of hydrogen-bond donors (Lipinski definition) is 14. The molecule has 2 rings (SSSR count). The van der Waals surface area contributed by atoms with E-state index < -0.39 is 133 Å². The molecule has 24 nitrogen and oxygen atoms in total. The molecule has 416 valence electrons. The maximum atomic E-state index is 14.2. The minimum atomic E-state index is -1.72. The van der Waals surface area contributed by atoms with Crippen LogP contribution in [-0.4, -0.2) is 160 Å². The van der Waals surface area contributed by atoms with Gasteiger partial charge in [0.25, 0.3) is 0 Å². The molecule has 0 aliphatic carbocycles. The summed E-state index contributed by atoms with van der Waals surface area (Å²) in [6.07, 6.45) is 1.98. The smallest absolute Gasteiger partial charge is 0.328 e. The Morgan fingerprint density at radius 2 is 0.932 bits per heavy atom. The van der Waals surface area contributed by atoms with Crippen LogP contribution in [0.25, 0.3) is 0 Å². The van der Waals surface area contributed by atoms with E-state index in [0.717, 1.165) is 6.42 Å². The summed E-state index contributed by atoms with van der Waals surface area (Å²) in [7, 11) is 0. The number of carbonyl (C=O) groups excluding carboxylic acids is 9. The van der Waals surface area contributed by atoms with Crippen LogP contribution >= 0.6 is 0 Å². The maximum absolute atomic E-state index is 14.2. The van der Waals surface area contributed by atoms with Gasteiger partial charge in [0.2, 0.25) is 53.2 Å². The highest BCUT2D eigenvalue weighted by Gasteiger charge is 2.36. The summed E-state index contributed by atoms with van der Waals surface area (Å²) < 4.78 is 0. The first-order valence-electron chi connectivity index (χ1n) is 25.4. The SMILES string of the molecule is CC[C@H](C)[C@H](NC(=O)[C@H](C)NC(=O)[C@@H]1CCCN1)C(=O)N[C@@H](CC(C)C)C(=O)N[C@@H](Cc1ccc(O)cc1)C(=O)N[C@@H](C)C(=O)N[C@@H](CC(C)C)C(=O)N[C@@H](CC(C)C)C(=O)N[C@@H](CO)C(=O)N[C@@H](CO)C(=O)O. The molecule has 0 unspecified atom stereocenters. The normalized spacial score (nSPS) is 17.4. The number of carbonyl (C=O) groups is 10. The Morgan fingerprint density at radius 1 is 0.527 bits per heavy atom. The Hall–Kier alpha value is -6.40. The zero-order chi connectivity index (χ0) is 56.0. The Balaban J connectivity index is 2.33. The monoisotopic (exact) mass is 1050 g/mol. The highest BCUT2D eigenvalue weighted by molar-refractivity contribution is 5.98. The Labute approximate surface area is 433 Å². The van der Waals surface area contributed by atoms with E-state index in [2.05, 4.69) is 47.9 Å². The lowest BCUT2D eigenvalue weighted by atomic mass is 9.96. The van der Waals surface area contributed by atoms with Gasteiger partial charge in [0, 0.05) is 6.42 Å². The van der Waals surface area contributed by atoms with Crippen molar-refractivity contribution in [2.24, 2.45) is 23.7 Å². The van der Waals surface area contributed by atoms with Crippen LogP contribution < -0.4 is 53.2 Å². The zero-order valence-electron chi connectivity index (χ0n) is 44.3. The van der Waals surface area contributed by atoms with Gasteiger partial charge in [0.05, 0.1) is 19.3 Å². The number of aliphatic hydroxyl groups is 2. The number of carboxylic acid groups (broad SMARTS) is 1. The molecular formula is C50H82N10O14. The van der Waals surface area contributed by atoms with E-state index in [0.29, 0.717) is 24.9 Å². The lowest BCUT2D eigenvalue weighted by molar-refractivity contribution is -0.143. The van der Waals surface area contributed by atoms with Crippen molar-refractivity contribution in [1.82, 2.24) is 53.2 Å².